The molecule has 126 valence electrons. The van der Waals surface area contributed by atoms with Crippen LogP contribution in [0.5, 0.6) is 0 Å². The van der Waals surface area contributed by atoms with Crippen molar-refractivity contribution in [3.05, 3.63) is 45.6 Å². The van der Waals surface area contributed by atoms with Crippen molar-refractivity contribution in [3.63, 3.8) is 0 Å². The van der Waals surface area contributed by atoms with E-state index >= 15 is 0 Å². The van der Waals surface area contributed by atoms with Crippen molar-refractivity contribution >= 4 is 0 Å². The van der Waals surface area contributed by atoms with Crippen LogP contribution in [0.25, 0.3) is 0 Å². The first-order chi connectivity index (χ1) is 8.90. The summed E-state index contributed by atoms with van der Waals surface area (Å²) in [4.78, 5) is 0. The Morgan fingerprint density at radius 1 is 0.591 bits per heavy atom. The van der Waals surface area contributed by atoms with Gasteiger partial charge in [0.1, 0.15) is 0 Å². The van der Waals surface area contributed by atoms with E-state index in [2.05, 4.69) is 81.4 Å². The summed E-state index contributed by atoms with van der Waals surface area (Å²) in [5, 5.41) is 0. The molecule has 0 saturated carbocycles. The Morgan fingerprint density at radius 3 is 0.864 bits per heavy atom. The van der Waals surface area contributed by atoms with Crippen LogP contribution in [0.2, 0.25) is 0 Å². The molecule has 0 aromatic heterocycles. The maximum Gasteiger partial charge on any atom is 2.00 e. The van der Waals surface area contributed by atoms with Crippen LogP contribution >= 0.6 is 0 Å². The normalized spacial score (nSPS) is 21.4. The van der Waals surface area contributed by atoms with E-state index in [-0.39, 0.29) is 47.4 Å². The molecule has 0 aliphatic heterocycles. The van der Waals surface area contributed by atoms with Gasteiger partial charge in [-0.25, -0.2) is 11.1 Å². The van der Waals surface area contributed by atoms with Crippen molar-refractivity contribution in [1.82, 2.24) is 0 Å². The molecule has 0 spiro atoms. The van der Waals surface area contributed by atoms with Crippen molar-refractivity contribution in [3.8, 4) is 0 Å². The van der Waals surface area contributed by atoms with Gasteiger partial charge in [0.05, 0.1) is 0 Å². The topological polar surface area (TPSA) is 0 Å². The van der Waals surface area contributed by atoms with Gasteiger partial charge in [0, 0.05) is 19.5 Å². The first-order valence-electron chi connectivity index (χ1n) is 7.50. The summed E-state index contributed by atoms with van der Waals surface area (Å²) in [6, 6.07) is 0. The third-order valence-electron chi connectivity index (χ3n) is 5.12. The van der Waals surface area contributed by atoms with Crippen LogP contribution in [0, 0.1) is 23.0 Å². The molecule has 0 N–H and O–H groups in total. The monoisotopic (exact) mass is 428 g/mol. The molecule has 0 amide bonds. The molecule has 0 atom stereocenters. The summed E-state index contributed by atoms with van der Waals surface area (Å²) < 4.78 is 0. The van der Waals surface area contributed by atoms with Crippen molar-refractivity contribution in [2.24, 2.45) is 10.8 Å². The second-order valence-electron chi connectivity index (χ2n) is 7.25. The van der Waals surface area contributed by atoms with Crippen LogP contribution < -0.4 is 0 Å². The molecule has 0 bridgehead atoms. The standard InChI is InChI=1S/2C10H15.Fe.Ru/c2*1-7-6-10(4,5)9(3)8(7)2;;/h2*1-5H3;;/q2*-1;+2;. The first kappa shape index (κ1) is 24.4. The minimum Gasteiger partial charge on any atom is -0.263 e. The summed E-state index contributed by atoms with van der Waals surface area (Å²) in [5.74, 6) is 0. The molecule has 0 fully saturated rings. The molecule has 2 aliphatic carbocycles. The zero-order valence-electron chi connectivity index (χ0n) is 15.7. The molecule has 0 heterocycles. The zero-order valence-corrected chi connectivity index (χ0v) is 18.5. The first-order valence-corrected chi connectivity index (χ1v) is 7.50. The van der Waals surface area contributed by atoms with Gasteiger partial charge in [-0.15, -0.1) is 13.8 Å². The Balaban J connectivity index is 0. The second kappa shape index (κ2) is 8.28. The fraction of sp³-hybridized carbons (Fsp3) is 0.600. The van der Waals surface area contributed by atoms with Gasteiger partial charge in [0.15, 0.2) is 0 Å². The minimum absolute atomic E-state index is 0. The fourth-order valence-electron chi connectivity index (χ4n) is 2.81. The summed E-state index contributed by atoms with van der Waals surface area (Å²) in [6.45, 7) is 21.8. The molecule has 0 aromatic carbocycles. The molecular weight excluding hydrogens is 397 g/mol. The van der Waals surface area contributed by atoms with Crippen molar-refractivity contribution in [2.45, 2.75) is 69.2 Å². The third kappa shape index (κ3) is 5.05. The number of hydrogen-bond donors (Lipinski definition) is 0. The maximum atomic E-state index is 3.44. The van der Waals surface area contributed by atoms with Crippen LogP contribution in [0.15, 0.2) is 33.4 Å². The Hall–Kier alpha value is 0.103. The third-order valence-corrected chi connectivity index (χ3v) is 5.12. The van der Waals surface area contributed by atoms with Gasteiger partial charge in [-0.2, -0.15) is 22.3 Å². The molecule has 2 aliphatic rings. The fourth-order valence-corrected chi connectivity index (χ4v) is 2.81. The largest absolute Gasteiger partial charge is 2.00 e. The van der Waals surface area contributed by atoms with Crippen LogP contribution in [0.4, 0.5) is 0 Å². The van der Waals surface area contributed by atoms with E-state index in [1.807, 2.05) is 0 Å². The number of rotatable bonds is 0. The van der Waals surface area contributed by atoms with Crippen LogP contribution in [0.3, 0.4) is 0 Å². The Labute approximate surface area is 161 Å². The Morgan fingerprint density at radius 2 is 0.818 bits per heavy atom. The average molecular weight is 427 g/mol. The van der Waals surface area contributed by atoms with Gasteiger partial charge >= 0.3 is 17.1 Å². The van der Waals surface area contributed by atoms with E-state index in [0.717, 1.165) is 0 Å². The van der Waals surface area contributed by atoms with E-state index in [0.29, 0.717) is 0 Å². The predicted molar refractivity (Wildman–Crippen MR) is 89.2 cm³/mol. The second-order valence-corrected chi connectivity index (χ2v) is 7.25. The molecular formula is C20H30FeRu. The van der Waals surface area contributed by atoms with E-state index in [1.165, 1.54) is 33.4 Å². The van der Waals surface area contributed by atoms with E-state index in [4.69, 9.17) is 0 Å². The SMILES string of the molecule is CC1=[C-]C(C)(C)C(C)=C1C.CC1=[C-]C(C)(C)C(C)=C1C.[Fe+2].[Ru]. The molecule has 0 saturated heterocycles. The molecule has 0 unspecified atom stereocenters. The van der Waals surface area contributed by atoms with E-state index in [1.54, 1.807) is 0 Å². The Bertz CT molecular complexity index is 490. The van der Waals surface area contributed by atoms with E-state index < -0.39 is 0 Å². The Kier molecular flexibility index (Phi) is 9.16. The van der Waals surface area contributed by atoms with Gasteiger partial charge in [-0.05, 0) is 0 Å². The molecule has 2 heteroatoms. The number of hydrogen-bond acceptors (Lipinski definition) is 0. The predicted octanol–water partition coefficient (Wildman–Crippen LogP) is 6.22. The maximum absolute atomic E-state index is 3.44. The van der Waals surface area contributed by atoms with Gasteiger partial charge in [-0.1, -0.05) is 66.2 Å². The molecule has 0 aromatic rings. The quantitative estimate of drug-likeness (QED) is 0.318. The van der Waals surface area contributed by atoms with Crippen LogP contribution in [-0.2, 0) is 36.5 Å². The van der Waals surface area contributed by atoms with Crippen molar-refractivity contribution in [1.29, 1.82) is 0 Å². The summed E-state index contributed by atoms with van der Waals surface area (Å²) in [5.41, 5.74) is 8.79. The van der Waals surface area contributed by atoms with Gasteiger partial charge in [-0.3, -0.25) is 12.2 Å². The van der Waals surface area contributed by atoms with Crippen LogP contribution in [-0.4, -0.2) is 0 Å². The number of allylic oxidation sites excluding steroid dienone is 8. The summed E-state index contributed by atoms with van der Waals surface area (Å²) in [7, 11) is 0. The smallest absolute Gasteiger partial charge is 0.263 e. The van der Waals surface area contributed by atoms with Crippen LogP contribution in [0.1, 0.15) is 69.2 Å². The van der Waals surface area contributed by atoms with Crippen molar-refractivity contribution < 1.29 is 36.5 Å². The summed E-state index contributed by atoms with van der Waals surface area (Å²) in [6.07, 6.45) is 6.87. The van der Waals surface area contributed by atoms with Gasteiger partial charge in [0.25, 0.3) is 0 Å². The zero-order chi connectivity index (χ0) is 15.9. The minimum atomic E-state index is 0. The summed E-state index contributed by atoms with van der Waals surface area (Å²) >= 11 is 0. The van der Waals surface area contributed by atoms with Gasteiger partial charge < -0.3 is 0 Å². The van der Waals surface area contributed by atoms with Crippen molar-refractivity contribution in [2.75, 3.05) is 0 Å². The van der Waals surface area contributed by atoms with E-state index in [9.17, 15) is 0 Å². The molecule has 0 nitrogen and oxygen atoms in total. The molecule has 2 rings (SSSR count). The van der Waals surface area contributed by atoms with Gasteiger partial charge in [0.2, 0.25) is 0 Å². The molecule has 22 heavy (non-hydrogen) atoms. The average Bonchev–Trinajstić information content (AvgIpc) is 2.60. The molecule has 0 radical (unpaired) electrons.